The summed E-state index contributed by atoms with van der Waals surface area (Å²) in [4.78, 5) is 11.9. The SMILES string of the molecule is O=C(NCC1CC(O)C1)c1cc(Br)cc(Br)c1. The number of carbonyl (C=O) groups excluding carboxylic acids is 1. The molecule has 3 nitrogen and oxygen atoms in total. The second kappa shape index (κ2) is 5.50. The number of amides is 1. The van der Waals surface area contributed by atoms with Crippen LogP contribution < -0.4 is 5.32 Å². The Kier molecular flexibility index (Phi) is 4.22. The third-order valence-electron chi connectivity index (χ3n) is 2.89. The molecule has 2 rings (SSSR count). The predicted octanol–water partition coefficient (Wildman–Crippen LogP) is 2.71. The molecule has 1 aliphatic carbocycles. The summed E-state index contributed by atoms with van der Waals surface area (Å²) in [7, 11) is 0. The Balaban J connectivity index is 1.90. The molecule has 2 N–H and O–H groups in total. The standard InChI is InChI=1S/C12H13Br2NO2/c13-9-3-8(4-10(14)5-9)12(17)15-6-7-1-11(16)2-7/h3-5,7,11,16H,1-2,6H2,(H,15,17). The molecule has 1 fully saturated rings. The molecule has 1 aliphatic rings. The fourth-order valence-corrected chi connectivity index (χ4v) is 3.18. The summed E-state index contributed by atoms with van der Waals surface area (Å²) in [5, 5.41) is 12.0. The third-order valence-corrected chi connectivity index (χ3v) is 3.80. The van der Waals surface area contributed by atoms with Crippen LogP contribution in [0.25, 0.3) is 0 Å². The molecular weight excluding hydrogens is 350 g/mol. The maximum atomic E-state index is 11.9. The Morgan fingerprint density at radius 1 is 1.29 bits per heavy atom. The van der Waals surface area contributed by atoms with E-state index in [2.05, 4.69) is 37.2 Å². The summed E-state index contributed by atoms with van der Waals surface area (Å²) in [6, 6.07) is 5.46. The van der Waals surface area contributed by atoms with Gasteiger partial charge >= 0.3 is 0 Å². The number of carbonyl (C=O) groups is 1. The molecule has 0 aliphatic heterocycles. The van der Waals surface area contributed by atoms with E-state index >= 15 is 0 Å². The van der Waals surface area contributed by atoms with E-state index in [1.807, 2.05) is 6.07 Å². The van der Waals surface area contributed by atoms with Crippen molar-refractivity contribution in [3.05, 3.63) is 32.7 Å². The summed E-state index contributed by atoms with van der Waals surface area (Å²) >= 11 is 6.70. The van der Waals surface area contributed by atoms with Crippen LogP contribution in [0.2, 0.25) is 0 Å². The van der Waals surface area contributed by atoms with Crippen LogP contribution in [-0.4, -0.2) is 23.7 Å². The molecule has 0 aromatic heterocycles. The average molecular weight is 363 g/mol. The third kappa shape index (κ3) is 3.53. The molecule has 5 heteroatoms. The summed E-state index contributed by atoms with van der Waals surface area (Å²) in [6.45, 7) is 0.639. The second-order valence-electron chi connectivity index (χ2n) is 4.36. The zero-order valence-corrected chi connectivity index (χ0v) is 12.3. The van der Waals surface area contributed by atoms with Crippen molar-refractivity contribution in [3.63, 3.8) is 0 Å². The minimum atomic E-state index is -0.170. The monoisotopic (exact) mass is 361 g/mol. The molecule has 0 radical (unpaired) electrons. The molecule has 1 saturated carbocycles. The molecule has 1 aromatic rings. The van der Waals surface area contributed by atoms with Crippen molar-refractivity contribution < 1.29 is 9.90 Å². The molecule has 17 heavy (non-hydrogen) atoms. The van der Waals surface area contributed by atoms with Gasteiger partial charge in [-0.05, 0) is 37.0 Å². The van der Waals surface area contributed by atoms with Gasteiger partial charge in [0.1, 0.15) is 0 Å². The van der Waals surface area contributed by atoms with Gasteiger partial charge in [0.25, 0.3) is 5.91 Å². The van der Waals surface area contributed by atoms with Gasteiger partial charge in [0.15, 0.2) is 0 Å². The van der Waals surface area contributed by atoms with E-state index in [0.717, 1.165) is 21.8 Å². The van der Waals surface area contributed by atoms with Crippen LogP contribution in [0, 0.1) is 5.92 Å². The van der Waals surface area contributed by atoms with E-state index in [0.29, 0.717) is 18.0 Å². The number of hydrogen-bond acceptors (Lipinski definition) is 2. The van der Waals surface area contributed by atoms with Crippen LogP contribution in [0.4, 0.5) is 0 Å². The maximum absolute atomic E-state index is 11.9. The van der Waals surface area contributed by atoms with E-state index in [1.54, 1.807) is 12.1 Å². The summed E-state index contributed by atoms with van der Waals surface area (Å²) in [5.74, 6) is 0.345. The van der Waals surface area contributed by atoms with Gasteiger partial charge in [0.2, 0.25) is 0 Å². The van der Waals surface area contributed by atoms with E-state index in [-0.39, 0.29) is 12.0 Å². The van der Waals surface area contributed by atoms with Gasteiger partial charge in [-0.3, -0.25) is 4.79 Å². The van der Waals surface area contributed by atoms with Crippen LogP contribution in [0.15, 0.2) is 27.1 Å². The minimum Gasteiger partial charge on any atom is -0.393 e. The van der Waals surface area contributed by atoms with Crippen molar-refractivity contribution in [1.82, 2.24) is 5.32 Å². The lowest BCUT2D eigenvalue weighted by molar-refractivity contribution is 0.0420. The number of hydrogen-bond donors (Lipinski definition) is 2. The van der Waals surface area contributed by atoms with Crippen LogP contribution in [0.3, 0.4) is 0 Å². The first kappa shape index (κ1) is 13.1. The smallest absolute Gasteiger partial charge is 0.251 e. The number of rotatable bonds is 3. The van der Waals surface area contributed by atoms with Crippen molar-refractivity contribution in [2.75, 3.05) is 6.54 Å². The molecule has 0 heterocycles. The zero-order valence-electron chi connectivity index (χ0n) is 9.12. The van der Waals surface area contributed by atoms with Crippen LogP contribution in [-0.2, 0) is 0 Å². The van der Waals surface area contributed by atoms with Crippen LogP contribution >= 0.6 is 31.9 Å². The van der Waals surface area contributed by atoms with Crippen molar-refractivity contribution in [2.24, 2.45) is 5.92 Å². The van der Waals surface area contributed by atoms with Crippen LogP contribution in [0.1, 0.15) is 23.2 Å². The quantitative estimate of drug-likeness (QED) is 0.868. The molecule has 0 bridgehead atoms. The Hall–Kier alpha value is -0.390. The van der Waals surface area contributed by atoms with Crippen LogP contribution in [0.5, 0.6) is 0 Å². The number of benzene rings is 1. The predicted molar refractivity (Wildman–Crippen MR) is 72.9 cm³/mol. The molecule has 0 saturated heterocycles. The lowest BCUT2D eigenvalue weighted by Crippen LogP contribution is -2.38. The first-order chi connectivity index (χ1) is 8.04. The van der Waals surface area contributed by atoms with Gasteiger partial charge in [-0.2, -0.15) is 0 Å². The lowest BCUT2D eigenvalue weighted by atomic mass is 9.82. The first-order valence-electron chi connectivity index (χ1n) is 5.47. The van der Waals surface area contributed by atoms with Crippen molar-refractivity contribution in [3.8, 4) is 0 Å². The van der Waals surface area contributed by atoms with E-state index < -0.39 is 0 Å². The molecule has 1 aromatic carbocycles. The Bertz CT molecular complexity index is 410. The fourth-order valence-electron chi connectivity index (χ4n) is 1.89. The van der Waals surface area contributed by atoms with Crippen molar-refractivity contribution in [1.29, 1.82) is 0 Å². The molecular formula is C12H13Br2NO2. The number of halogens is 2. The number of nitrogens with one attached hydrogen (secondary N) is 1. The highest BCUT2D eigenvalue weighted by molar-refractivity contribution is 9.11. The van der Waals surface area contributed by atoms with Crippen molar-refractivity contribution in [2.45, 2.75) is 18.9 Å². The average Bonchev–Trinajstić information content (AvgIpc) is 2.21. The molecule has 92 valence electrons. The molecule has 0 spiro atoms. The van der Waals surface area contributed by atoms with Gasteiger partial charge < -0.3 is 10.4 Å². The minimum absolute atomic E-state index is 0.0756. The highest BCUT2D eigenvalue weighted by Crippen LogP contribution is 2.26. The topological polar surface area (TPSA) is 49.3 Å². The van der Waals surface area contributed by atoms with E-state index in [1.165, 1.54) is 0 Å². The lowest BCUT2D eigenvalue weighted by Gasteiger charge is -2.31. The van der Waals surface area contributed by atoms with E-state index in [4.69, 9.17) is 5.11 Å². The summed E-state index contributed by atoms with van der Waals surface area (Å²) < 4.78 is 1.74. The molecule has 1 amide bonds. The fraction of sp³-hybridized carbons (Fsp3) is 0.417. The van der Waals surface area contributed by atoms with Gasteiger partial charge in [0.05, 0.1) is 6.10 Å². The van der Waals surface area contributed by atoms with Gasteiger partial charge in [-0.1, -0.05) is 31.9 Å². The van der Waals surface area contributed by atoms with Gasteiger partial charge in [0, 0.05) is 21.1 Å². The summed E-state index contributed by atoms with van der Waals surface area (Å²) in [6.07, 6.45) is 1.42. The second-order valence-corrected chi connectivity index (χ2v) is 6.19. The van der Waals surface area contributed by atoms with Crippen molar-refractivity contribution >= 4 is 37.8 Å². The Morgan fingerprint density at radius 3 is 2.41 bits per heavy atom. The van der Waals surface area contributed by atoms with Gasteiger partial charge in [-0.25, -0.2) is 0 Å². The Morgan fingerprint density at radius 2 is 1.88 bits per heavy atom. The highest BCUT2D eigenvalue weighted by Gasteiger charge is 2.27. The highest BCUT2D eigenvalue weighted by atomic mass is 79.9. The molecule has 0 unspecified atom stereocenters. The largest absolute Gasteiger partial charge is 0.393 e. The van der Waals surface area contributed by atoms with E-state index in [9.17, 15) is 4.79 Å². The molecule has 0 atom stereocenters. The number of aliphatic hydroxyl groups excluding tert-OH is 1. The van der Waals surface area contributed by atoms with Gasteiger partial charge in [-0.15, -0.1) is 0 Å². The number of aliphatic hydroxyl groups is 1. The maximum Gasteiger partial charge on any atom is 0.251 e. The normalized spacial score (nSPS) is 23.0. The first-order valence-corrected chi connectivity index (χ1v) is 7.05. The zero-order chi connectivity index (χ0) is 12.4. The summed E-state index contributed by atoms with van der Waals surface area (Å²) in [5.41, 5.74) is 0.631. The Labute approximate surface area is 117 Å².